The Morgan fingerprint density at radius 1 is 1.33 bits per heavy atom. The molecule has 1 aromatic carbocycles. The number of carbonyl (C=O) groups is 1. The average Bonchev–Trinajstić information content (AvgIpc) is 2.26. The fourth-order valence-electron chi connectivity index (χ4n) is 3.19. The standard InChI is InChI=1S/C16H23N3O2/c1-15(2,3)21-14(20)19-10-16(8-18-9-16)13(19)11-4-6-12(17)7-5-11/h4-7,13,18H,8-10,17H2,1-3H3. The molecule has 0 aliphatic carbocycles. The van der Waals surface area contributed by atoms with Crippen molar-refractivity contribution < 1.29 is 9.53 Å². The van der Waals surface area contributed by atoms with Crippen LogP contribution in [0.2, 0.25) is 0 Å². The Kier molecular flexibility index (Phi) is 3.13. The predicted molar refractivity (Wildman–Crippen MR) is 81.8 cm³/mol. The number of nitrogen functional groups attached to an aromatic ring is 1. The van der Waals surface area contributed by atoms with Crippen LogP contribution in [0, 0.1) is 5.41 Å². The second-order valence-electron chi connectivity index (χ2n) is 7.14. The van der Waals surface area contributed by atoms with Crippen molar-refractivity contribution in [1.29, 1.82) is 0 Å². The number of nitrogens with zero attached hydrogens (tertiary/aromatic N) is 1. The van der Waals surface area contributed by atoms with Crippen LogP contribution in [0.3, 0.4) is 0 Å². The molecule has 5 nitrogen and oxygen atoms in total. The lowest BCUT2D eigenvalue weighted by Crippen LogP contribution is -2.73. The molecule has 1 atom stereocenters. The summed E-state index contributed by atoms with van der Waals surface area (Å²) in [5, 5.41) is 3.32. The molecular formula is C16H23N3O2. The molecule has 1 amide bonds. The Bertz CT molecular complexity index is 544. The molecule has 1 spiro atoms. The first-order valence-corrected chi connectivity index (χ1v) is 7.37. The summed E-state index contributed by atoms with van der Waals surface area (Å²) < 4.78 is 5.52. The van der Waals surface area contributed by atoms with Gasteiger partial charge < -0.3 is 15.8 Å². The quantitative estimate of drug-likeness (QED) is 0.777. The monoisotopic (exact) mass is 289 g/mol. The highest BCUT2D eigenvalue weighted by Crippen LogP contribution is 2.51. The number of carbonyl (C=O) groups excluding carboxylic acids is 1. The van der Waals surface area contributed by atoms with Gasteiger partial charge in [-0.05, 0) is 38.5 Å². The second-order valence-corrected chi connectivity index (χ2v) is 7.14. The molecule has 2 aliphatic rings. The molecule has 0 aromatic heterocycles. The SMILES string of the molecule is CC(C)(C)OC(=O)N1CC2(CNC2)C1c1ccc(N)cc1. The van der Waals surface area contributed by atoms with Crippen LogP contribution in [0.4, 0.5) is 10.5 Å². The Hall–Kier alpha value is -1.75. The predicted octanol–water partition coefficient (Wildman–Crippen LogP) is 2.15. The van der Waals surface area contributed by atoms with Gasteiger partial charge in [0.1, 0.15) is 5.60 Å². The Labute approximate surface area is 125 Å². The summed E-state index contributed by atoms with van der Waals surface area (Å²) in [6.07, 6.45) is -0.234. The molecule has 114 valence electrons. The fraction of sp³-hybridized carbons (Fsp3) is 0.562. The number of hydrogen-bond donors (Lipinski definition) is 2. The summed E-state index contributed by atoms with van der Waals surface area (Å²) in [5.74, 6) is 0. The van der Waals surface area contributed by atoms with Crippen LogP contribution in [0.5, 0.6) is 0 Å². The number of hydrogen-bond acceptors (Lipinski definition) is 4. The summed E-state index contributed by atoms with van der Waals surface area (Å²) in [4.78, 5) is 14.2. The van der Waals surface area contributed by atoms with Crippen molar-refractivity contribution in [1.82, 2.24) is 10.2 Å². The van der Waals surface area contributed by atoms with Crippen LogP contribution < -0.4 is 11.1 Å². The van der Waals surface area contributed by atoms with Crippen molar-refractivity contribution >= 4 is 11.8 Å². The maximum Gasteiger partial charge on any atom is 0.410 e. The summed E-state index contributed by atoms with van der Waals surface area (Å²) >= 11 is 0. The van der Waals surface area contributed by atoms with Crippen molar-refractivity contribution in [3.63, 3.8) is 0 Å². The molecule has 2 fully saturated rings. The third-order valence-corrected chi connectivity index (χ3v) is 4.21. The minimum Gasteiger partial charge on any atom is -0.444 e. The highest BCUT2D eigenvalue weighted by molar-refractivity contribution is 5.71. The maximum absolute atomic E-state index is 12.4. The second kappa shape index (κ2) is 4.63. The zero-order valence-electron chi connectivity index (χ0n) is 12.8. The minimum atomic E-state index is -0.469. The maximum atomic E-state index is 12.4. The summed E-state index contributed by atoms with van der Waals surface area (Å²) in [6, 6.07) is 7.88. The van der Waals surface area contributed by atoms with Crippen LogP contribution in [0.1, 0.15) is 32.4 Å². The average molecular weight is 289 g/mol. The van der Waals surface area contributed by atoms with Crippen molar-refractivity contribution in [3.8, 4) is 0 Å². The van der Waals surface area contributed by atoms with Gasteiger partial charge in [0, 0.05) is 30.7 Å². The normalized spacial score (nSPS) is 23.4. The molecule has 0 saturated carbocycles. The van der Waals surface area contributed by atoms with Crippen LogP contribution in [0.15, 0.2) is 24.3 Å². The van der Waals surface area contributed by atoms with Gasteiger partial charge in [-0.1, -0.05) is 12.1 Å². The Morgan fingerprint density at radius 3 is 2.43 bits per heavy atom. The number of nitrogens with one attached hydrogen (secondary N) is 1. The van der Waals surface area contributed by atoms with E-state index in [2.05, 4.69) is 5.32 Å². The zero-order valence-corrected chi connectivity index (χ0v) is 12.8. The third kappa shape index (κ3) is 2.46. The minimum absolute atomic E-state index is 0.0780. The van der Waals surface area contributed by atoms with Crippen LogP contribution >= 0.6 is 0 Å². The number of anilines is 1. The number of nitrogens with two attached hydrogens (primary N) is 1. The van der Waals surface area contributed by atoms with Crippen LogP contribution in [-0.2, 0) is 4.74 Å². The molecule has 21 heavy (non-hydrogen) atoms. The lowest BCUT2D eigenvalue weighted by Gasteiger charge is -2.62. The number of likely N-dealkylation sites (tertiary alicyclic amines) is 1. The largest absolute Gasteiger partial charge is 0.444 e. The molecule has 1 unspecified atom stereocenters. The molecule has 1 aromatic rings. The van der Waals surface area contributed by atoms with E-state index in [0.717, 1.165) is 30.9 Å². The van der Waals surface area contributed by atoms with E-state index in [1.165, 1.54) is 0 Å². The Balaban J connectivity index is 1.82. The van der Waals surface area contributed by atoms with Gasteiger partial charge in [0.2, 0.25) is 0 Å². The molecular weight excluding hydrogens is 266 g/mol. The van der Waals surface area contributed by atoms with Gasteiger partial charge in [0.05, 0.1) is 6.04 Å². The summed E-state index contributed by atoms with van der Waals surface area (Å²) in [5.41, 5.74) is 7.32. The van der Waals surface area contributed by atoms with Gasteiger partial charge in [-0.3, -0.25) is 4.90 Å². The first-order valence-electron chi connectivity index (χ1n) is 7.37. The van der Waals surface area contributed by atoms with Gasteiger partial charge in [0.15, 0.2) is 0 Å². The molecule has 2 aliphatic heterocycles. The van der Waals surface area contributed by atoms with Gasteiger partial charge in [0.25, 0.3) is 0 Å². The van der Waals surface area contributed by atoms with Gasteiger partial charge >= 0.3 is 6.09 Å². The number of benzene rings is 1. The van der Waals surface area contributed by atoms with Crippen molar-refractivity contribution in [2.24, 2.45) is 5.41 Å². The molecule has 0 bridgehead atoms. The first-order chi connectivity index (χ1) is 9.81. The van der Waals surface area contributed by atoms with E-state index in [1.54, 1.807) is 0 Å². The van der Waals surface area contributed by atoms with Crippen LogP contribution in [-0.4, -0.2) is 36.2 Å². The number of rotatable bonds is 1. The summed E-state index contributed by atoms with van der Waals surface area (Å²) in [6.45, 7) is 8.32. The molecule has 0 radical (unpaired) electrons. The van der Waals surface area contributed by atoms with Crippen molar-refractivity contribution in [3.05, 3.63) is 29.8 Å². The van der Waals surface area contributed by atoms with Crippen molar-refractivity contribution in [2.75, 3.05) is 25.4 Å². The van der Waals surface area contributed by atoms with E-state index in [1.807, 2.05) is 49.9 Å². The Morgan fingerprint density at radius 2 is 1.95 bits per heavy atom. The lowest BCUT2D eigenvalue weighted by molar-refractivity contribution is -0.108. The smallest absolute Gasteiger partial charge is 0.410 e. The van der Waals surface area contributed by atoms with E-state index < -0.39 is 5.60 Å². The third-order valence-electron chi connectivity index (χ3n) is 4.21. The highest BCUT2D eigenvalue weighted by atomic mass is 16.6. The molecule has 3 N–H and O–H groups in total. The number of amides is 1. The van der Waals surface area contributed by atoms with E-state index in [-0.39, 0.29) is 17.6 Å². The summed E-state index contributed by atoms with van der Waals surface area (Å²) in [7, 11) is 0. The van der Waals surface area contributed by atoms with Crippen molar-refractivity contribution in [2.45, 2.75) is 32.4 Å². The van der Waals surface area contributed by atoms with Gasteiger partial charge in [-0.25, -0.2) is 4.79 Å². The molecule has 5 heteroatoms. The fourth-order valence-corrected chi connectivity index (χ4v) is 3.19. The van der Waals surface area contributed by atoms with Gasteiger partial charge in [-0.2, -0.15) is 0 Å². The van der Waals surface area contributed by atoms with E-state index in [4.69, 9.17) is 10.5 Å². The lowest BCUT2D eigenvalue weighted by atomic mass is 9.65. The van der Waals surface area contributed by atoms with E-state index in [0.29, 0.717) is 0 Å². The molecule has 2 heterocycles. The van der Waals surface area contributed by atoms with E-state index >= 15 is 0 Å². The number of ether oxygens (including phenoxy) is 1. The van der Waals surface area contributed by atoms with Gasteiger partial charge in [-0.15, -0.1) is 0 Å². The van der Waals surface area contributed by atoms with Crippen LogP contribution in [0.25, 0.3) is 0 Å². The van der Waals surface area contributed by atoms with E-state index in [9.17, 15) is 4.79 Å². The molecule has 3 rings (SSSR count). The molecule has 2 saturated heterocycles. The highest BCUT2D eigenvalue weighted by Gasteiger charge is 2.59. The first kappa shape index (κ1) is 14.2. The zero-order chi connectivity index (χ0) is 15.3. The topological polar surface area (TPSA) is 67.6 Å².